The molecule has 114 valence electrons. The topological polar surface area (TPSA) is 29.5 Å². The summed E-state index contributed by atoms with van der Waals surface area (Å²) in [7, 11) is 4.36. The molecule has 0 aliphatic heterocycles. The smallest absolute Gasteiger partial charge is 0.119 e. The maximum Gasteiger partial charge on any atom is 0.119 e. The lowest BCUT2D eigenvalue weighted by Crippen LogP contribution is -2.42. The summed E-state index contributed by atoms with van der Waals surface area (Å²) in [5, 5.41) is 8.97. The number of ether oxygens (including phenoxy) is 1. The van der Waals surface area contributed by atoms with Gasteiger partial charge in [-0.1, -0.05) is 12.1 Å². The summed E-state index contributed by atoms with van der Waals surface area (Å²) in [4.78, 5) is 0. The molecular weight excluding hydrogens is 250 g/mol. The maximum absolute atomic E-state index is 8.97. The maximum atomic E-state index is 8.97. The predicted octanol–water partition coefficient (Wildman–Crippen LogP) is 3.00. The molecule has 1 rings (SSSR count). The molecule has 0 aliphatic carbocycles. The van der Waals surface area contributed by atoms with Gasteiger partial charge in [0.25, 0.3) is 0 Å². The first kappa shape index (κ1) is 17.0. The number of benzene rings is 1. The Hall–Kier alpha value is -1.06. The van der Waals surface area contributed by atoms with E-state index in [0.29, 0.717) is 0 Å². The first-order valence-electron chi connectivity index (χ1n) is 7.66. The van der Waals surface area contributed by atoms with Gasteiger partial charge in [-0.25, -0.2) is 0 Å². The minimum absolute atomic E-state index is 0.275. The Morgan fingerprint density at radius 1 is 1.05 bits per heavy atom. The van der Waals surface area contributed by atoms with Crippen LogP contribution in [0.15, 0.2) is 24.3 Å². The van der Waals surface area contributed by atoms with Crippen LogP contribution in [0.25, 0.3) is 0 Å². The zero-order valence-corrected chi connectivity index (χ0v) is 13.3. The molecule has 0 saturated carbocycles. The normalized spacial score (nSPS) is 11.6. The number of unbranched alkanes of at least 4 members (excludes halogenated alkanes) is 3. The molecule has 0 amide bonds. The highest BCUT2D eigenvalue weighted by Gasteiger charge is 2.12. The molecule has 1 aromatic rings. The van der Waals surface area contributed by atoms with Gasteiger partial charge < -0.3 is 14.3 Å². The van der Waals surface area contributed by atoms with Crippen molar-refractivity contribution in [3.63, 3.8) is 0 Å². The Labute approximate surface area is 123 Å². The second-order valence-corrected chi connectivity index (χ2v) is 6.19. The summed E-state index contributed by atoms with van der Waals surface area (Å²) in [5.74, 6) is 0.978. The molecule has 0 aliphatic rings. The largest absolute Gasteiger partial charge is 0.494 e. The van der Waals surface area contributed by atoms with Crippen LogP contribution < -0.4 is 4.74 Å². The third-order valence-corrected chi connectivity index (χ3v) is 3.62. The number of quaternary nitrogens is 1. The van der Waals surface area contributed by atoms with Gasteiger partial charge in [-0.3, -0.25) is 0 Å². The molecule has 20 heavy (non-hydrogen) atoms. The van der Waals surface area contributed by atoms with E-state index in [1.807, 2.05) is 12.1 Å². The van der Waals surface area contributed by atoms with Gasteiger partial charge in [0.05, 0.1) is 33.9 Å². The Kier molecular flexibility index (Phi) is 7.63. The lowest BCUT2D eigenvalue weighted by atomic mass is 10.2. The van der Waals surface area contributed by atoms with Crippen molar-refractivity contribution >= 4 is 0 Å². The second-order valence-electron chi connectivity index (χ2n) is 6.19. The van der Waals surface area contributed by atoms with Gasteiger partial charge in [-0.2, -0.15) is 0 Å². The van der Waals surface area contributed by atoms with Gasteiger partial charge in [0, 0.05) is 0 Å². The van der Waals surface area contributed by atoms with Gasteiger partial charge in [0.1, 0.15) is 12.3 Å². The van der Waals surface area contributed by atoms with Crippen molar-refractivity contribution in [2.75, 3.05) is 40.4 Å². The molecule has 1 N–H and O–H groups in total. The third-order valence-electron chi connectivity index (χ3n) is 3.62. The highest BCUT2D eigenvalue weighted by Crippen LogP contribution is 2.13. The Morgan fingerprint density at radius 2 is 1.80 bits per heavy atom. The van der Waals surface area contributed by atoms with Crippen LogP contribution in [0.5, 0.6) is 5.75 Å². The van der Waals surface area contributed by atoms with Crippen LogP contribution in [-0.4, -0.2) is 50.0 Å². The summed E-state index contributed by atoms with van der Waals surface area (Å²) in [6, 6.07) is 8.21. The standard InChI is InChI=1S/C17H30NO2/c1-16-9-8-10-17(15-16)20-14-7-5-4-6-11-18(2,3)12-13-19/h8-10,15,19H,4-7,11-14H2,1-3H3/q+1. The highest BCUT2D eigenvalue weighted by atomic mass is 16.5. The Morgan fingerprint density at radius 3 is 2.50 bits per heavy atom. The lowest BCUT2D eigenvalue weighted by molar-refractivity contribution is -0.890. The van der Waals surface area contributed by atoms with Crippen molar-refractivity contribution in [1.82, 2.24) is 0 Å². The van der Waals surface area contributed by atoms with Crippen LogP contribution in [0, 0.1) is 6.92 Å². The number of aryl methyl sites for hydroxylation is 1. The fourth-order valence-corrected chi connectivity index (χ4v) is 2.27. The molecule has 0 bridgehead atoms. The summed E-state index contributed by atoms with van der Waals surface area (Å²) < 4.78 is 6.65. The van der Waals surface area contributed by atoms with E-state index in [9.17, 15) is 0 Å². The number of aliphatic hydroxyl groups excluding tert-OH is 1. The van der Waals surface area contributed by atoms with Crippen molar-refractivity contribution in [3.8, 4) is 5.75 Å². The number of hydrogen-bond donors (Lipinski definition) is 1. The van der Waals surface area contributed by atoms with Crippen LogP contribution in [0.3, 0.4) is 0 Å². The van der Waals surface area contributed by atoms with Gasteiger partial charge in [-0.15, -0.1) is 0 Å². The Bertz CT molecular complexity index is 377. The zero-order valence-electron chi connectivity index (χ0n) is 13.3. The number of aliphatic hydroxyl groups is 1. The van der Waals surface area contributed by atoms with E-state index in [0.717, 1.165) is 36.3 Å². The van der Waals surface area contributed by atoms with E-state index in [2.05, 4.69) is 33.2 Å². The second kappa shape index (κ2) is 8.98. The van der Waals surface area contributed by atoms with Crippen LogP contribution in [0.1, 0.15) is 31.2 Å². The number of nitrogens with zero attached hydrogens (tertiary/aromatic N) is 1. The molecule has 0 spiro atoms. The monoisotopic (exact) mass is 280 g/mol. The minimum Gasteiger partial charge on any atom is -0.494 e. The van der Waals surface area contributed by atoms with Gasteiger partial charge in [0.2, 0.25) is 0 Å². The first-order valence-corrected chi connectivity index (χ1v) is 7.66. The van der Waals surface area contributed by atoms with E-state index in [1.165, 1.54) is 24.8 Å². The molecule has 0 radical (unpaired) electrons. The van der Waals surface area contributed by atoms with Crippen molar-refractivity contribution in [3.05, 3.63) is 29.8 Å². The van der Waals surface area contributed by atoms with E-state index >= 15 is 0 Å². The highest BCUT2D eigenvalue weighted by molar-refractivity contribution is 5.27. The van der Waals surface area contributed by atoms with E-state index in [-0.39, 0.29) is 6.61 Å². The Balaban J connectivity index is 2.03. The number of likely N-dealkylation sites (N-methyl/N-ethyl adjacent to an activating group) is 1. The van der Waals surface area contributed by atoms with E-state index in [1.54, 1.807) is 0 Å². The summed E-state index contributed by atoms with van der Waals surface area (Å²) in [6.07, 6.45) is 4.79. The van der Waals surface area contributed by atoms with Crippen LogP contribution in [0.4, 0.5) is 0 Å². The van der Waals surface area contributed by atoms with Crippen molar-refractivity contribution < 1.29 is 14.3 Å². The summed E-state index contributed by atoms with van der Waals surface area (Å²) in [6.45, 7) is 5.14. The van der Waals surface area contributed by atoms with Crippen molar-refractivity contribution in [2.24, 2.45) is 0 Å². The van der Waals surface area contributed by atoms with Crippen LogP contribution in [-0.2, 0) is 0 Å². The number of hydrogen-bond acceptors (Lipinski definition) is 2. The molecule has 0 saturated heterocycles. The van der Waals surface area contributed by atoms with E-state index < -0.39 is 0 Å². The summed E-state index contributed by atoms with van der Waals surface area (Å²) >= 11 is 0. The number of rotatable bonds is 10. The van der Waals surface area contributed by atoms with Crippen LogP contribution >= 0.6 is 0 Å². The molecule has 1 aromatic carbocycles. The minimum atomic E-state index is 0.275. The van der Waals surface area contributed by atoms with Crippen molar-refractivity contribution in [2.45, 2.75) is 32.6 Å². The molecule has 0 heterocycles. The molecule has 3 heteroatoms. The molecule has 0 aromatic heterocycles. The first-order chi connectivity index (χ1) is 9.53. The average Bonchev–Trinajstić information content (AvgIpc) is 2.37. The quantitative estimate of drug-likeness (QED) is 0.527. The SMILES string of the molecule is Cc1cccc(OCCCCCC[N+](C)(C)CCO)c1. The molecule has 0 fully saturated rings. The predicted molar refractivity (Wildman–Crippen MR) is 84.1 cm³/mol. The third kappa shape index (κ3) is 7.51. The lowest BCUT2D eigenvalue weighted by Gasteiger charge is -2.28. The summed E-state index contributed by atoms with van der Waals surface area (Å²) in [5.41, 5.74) is 1.24. The fourth-order valence-electron chi connectivity index (χ4n) is 2.27. The fraction of sp³-hybridized carbons (Fsp3) is 0.647. The molecular formula is C17H30NO2+. The van der Waals surface area contributed by atoms with E-state index in [4.69, 9.17) is 9.84 Å². The van der Waals surface area contributed by atoms with Gasteiger partial charge >= 0.3 is 0 Å². The van der Waals surface area contributed by atoms with Crippen LogP contribution in [0.2, 0.25) is 0 Å². The molecule has 0 unspecified atom stereocenters. The molecule has 3 nitrogen and oxygen atoms in total. The molecule has 0 atom stereocenters. The van der Waals surface area contributed by atoms with Crippen molar-refractivity contribution in [1.29, 1.82) is 0 Å². The van der Waals surface area contributed by atoms with Gasteiger partial charge in [-0.05, 0) is 50.3 Å². The van der Waals surface area contributed by atoms with Gasteiger partial charge in [0.15, 0.2) is 0 Å². The zero-order chi connectivity index (χ0) is 14.8. The average molecular weight is 280 g/mol.